The normalized spacial score (nSPS) is 16.0. The number of amides is 3. The Bertz CT molecular complexity index is 849. The van der Waals surface area contributed by atoms with Crippen molar-refractivity contribution in [1.82, 2.24) is 15.5 Å². The molecule has 1 saturated heterocycles. The quantitative estimate of drug-likeness (QED) is 0.780. The number of methoxy groups -OCH3 is 1. The number of urea groups is 1. The minimum absolute atomic E-state index is 0.0346. The first-order chi connectivity index (χ1) is 14.0. The van der Waals surface area contributed by atoms with Crippen molar-refractivity contribution in [2.75, 3.05) is 13.7 Å². The van der Waals surface area contributed by atoms with Crippen molar-refractivity contribution in [3.05, 3.63) is 65.2 Å². The lowest BCUT2D eigenvalue weighted by Gasteiger charge is -2.25. The monoisotopic (exact) mass is 395 g/mol. The number of hydrogen-bond donors (Lipinski definition) is 2. The summed E-state index contributed by atoms with van der Waals surface area (Å²) in [6.45, 7) is 5.00. The molecule has 1 fully saturated rings. The summed E-state index contributed by atoms with van der Waals surface area (Å²) in [7, 11) is 1.65. The molecule has 154 valence electrons. The molecule has 0 radical (unpaired) electrons. The van der Waals surface area contributed by atoms with E-state index in [0.717, 1.165) is 36.3 Å². The molecule has 0 bridgehead atoms. The fourth-order valence-corrected chi connectivity index (χ4v) is 3.63. The van der Waals surface area contributed by atoms with Crippen LogP contribution in [0.15, 0.2) is 48.5 Å². The average molecular weight is 396 g/mol. The first-order valence-electron chi connectivity index (χ1n) is 10.1. The van der Waals surface area contributed by atoms with Crippen LogP contribution in [0, 0.1) is 0 Å². The molecule has 6 heteroatoms. The van der Waals surface area contributed by atoms with Crippen LogP contribution in [0.4, 0.5) is 4.79 Å². The summed E-state index contributed by atoms with van der Waals surface area (Å²) in [6, 6.07) is 15.3. The molecule has 0 aromatic heterocycles. The molecule has 6 nitrogen and oxygen atoms in total. The molecule has 1 atom stereocenters. The van der Waals surface area contributed by atoms with E-state index < -0.39 is 0 Å². The lowest BCUT2D eigenvalue weighted by atomic mass is 10.0. The van der Waals surface area contributed by atoms with E-state index in [2.05, 4.69) is 16.7 Å². The van der Waals surface area contributed by atoms with Gasteiger partial charge in [0.15, 0.2) is 0 Å². The van der Waals surface area contributed by atoms with Crippen molar-refractivity contribution in [3.63, 3.8) is 0 Å². The van der Waals surface area contributed by atoms with Crippen LogP contribution in [0.2, 0.25) is 0 Å². The lowest BCUT2D eigenvalue weighted by molar-refractivity contribution is 0.0735. The van der Waals surface area contributed by atoms with Gasteiger partial charge in [-0.15, -0.1) is 0 Å². The van der Waals surface area contributed by atoms with E-state index in [4.69, 9.17) is 4.74 Å². The lowest BCUT2D eigenvalue weighted by Crippen LogP contribution is -2.39. The Morgan fingerprint density at radius 3 is 2.62 bits per heavy atom. The highest BCUT2D eigenvalue weighted by Gasteiger charge is 2.30. The predicted molar refractivity (Wildman–Crippen MR) is 113 cm³/mol. The van der Waals surface area contributed by atoms with Crippen molar-refractivity contribution >= 4 is 11.9 Å². The Kier molecular flexibility index (Phi) is 6.75. The second kappa shape index (κ2) is 9.45. The van der Waals surface area contributed by atoms with Gasteiger partial charge in [0.1, 0.15) is 5.75 Å². The third kappa shape index (κ3) is 5.28. The van der Waals surface area contributed by atoms with E-state index in [-0.39, 0.29) is 24.0 Å². The van der Waals surface area contributed by atoms with Crippen LogP contribution in [0.5, 0.6) is 5.75 Å². The molecule has 3 rings (SSSR count). The molecular formula is C23H29N3O3. The van der Waals surface area contributed by atoms with Gasteiger partial charge in [-0.1, -0.05) is 24.3 Å². The van der Waals surface area contributed by atoms with Crippen molar-refractivity contribution < 1.29 is 14.3 Å². The number of benzene rings is 2. The topological polar surface area (TPSA) is 70.7 Å². The van der Waals surface area contributed by atoms with Gasteiger partial charge in [-0.05, 0) is 62.1 Å². The molecule has 0 saturated carbocycles. The molecule has 0 aliphatic carbocycles. The van der Waals surface area contributed by atoms with E-state index in [1.807, 2.05) is 61.2 Å². The summed E-state index contributed by atoms with van der Waals surface area (Å²) in [4.78, 5) is 26.7. The third-order valence-electron chi connectivity index (χ3n) is 5.07. The Labute approximate surface area is 172 Å². The smallest absolute Gasteiger partial charge is 0.315 e. The summed E-state index contributed by atoms with van der Waals surface area (Å²) < 4.78 is 5.33. The molecular weight excluding hydrogens is 366 g/mol. The molecule has 1 aliphatic heterocycles. The highest BCUT2D eigenvalue weighted by Crippen LogP contribution is 2.34. The number of carbonyl (C=O) groups excluding carboxylic acids is 2. The number of ether oxygens (including phenoxy) is 1. The summed E-state index contributed by atoms with van der Waals surface area (Å²) in [5.74, 6) is 0.840. The van der Waals surface area contributed by atoms with Crippen molar-refractivity contribution in [2.45, 2.75) is 45.3 Å². The molecule has 1 unspecified atom stereocenters. The van der Waals surface area contributed by atoms with Crippen LogP contribution >= 0.6 is 0 Å². The van der Waals surface area contributed by atoms with Gasteiger partial charge in [0.25, 0.3) is 5.91 Å². The molecule has 2 N–H and O–H groups in total. The average Bonchev–Trinajstić information content (AvgIpc) is 3.21. The zero-order valence-corrected chi connectivity index (χ0v) is 17.3. The predicted octanol–water partition coefficient (Wildman–Crippen LogP) is 3.88. The van der Waals surface area contributed by atoms with Crippen molar-refractivity contribution in [2.24, 2.45) is 0 Å². The molecule has 1 aliphatic rings. The van der Waals surface area contributed by atoms with E-state index in [1.54, 1.807) is 7.11 Å². The van der Waals surface area contributed by atoms with Crippen LogP contribution in [-0.4, -0.2) is 36.5 Å². The zero-order valence-electron chi connectivity index (χ0n) is 17.3. The van der Waals surface area contributed by atoms with Crippen LogP contribution in [0.3, 0.4) is 0 Å². The summed E-state index contributed by atoms with van der Waals surface area (Å²) >= 11 is 0. The largest absolute Gasteiger partial charge is 0.497 e. The second-order valence-electron chi connectivity index (χ2n) is 7.61. The maximum absolute atomic E-state index is 13.1. The Morgan fingerprint density at radius 2 is 1.93 bits per heavy atom. The number of rotatable bonds is 6. The maximum Gasteiger partial charge on any atom is 0.315 e. The summed E-state index contributed by atoms with van der Waals surface area (Å²) in [6.07, 6.45) is 1.94. The van der Waals surface area contributed by atoms with Gasteiger partial charge >= 0.3 is 6.03 Å². The fraction of sp³-hybridized carbons (Fsp3) is 0.391. The van der Waals surface area contributed by atoms with Crippen LogP contribution in [-0.2, 0) is 6.54 Å². The van der Waals surface area contributed by atoms with Crippen molar-refractivity contribution in [1.29, 1.82) is 0 Å². The Balaban J connectivity index is 1.65. The van der Waals surface area contributed by atoms with Gasteiger partial charge in [-0.25, -0.2) is 4.79 Å². The molecule has 3 amide bonds. The third-order valence-corrected chi connectivity index (χ3v) is 5.07. The van der Waals surface area contributed by atoms with Gasteiger partial charge in [0, 0.05) is 24.7 Å². The summed E-state index contributed by atoms with van der Waals surface area (Å²) in [5.41, 5.74) is 2.72. The molecule has 1 heterocycles. The fourth-order valence-electron chi connectivity index (χ4n) is 3.63. The van der Waals surface area contributed by atoms with Crippen LogP contribution in [0.25, 0.3) is 0 Å². The SMILES string of the molecule is COc1cccc(C2CCCN2C(=O)c2ccc(CNC(=O)NC(C)C)cc2)c1. The minimum atomic E-state index is -0.196. The number of nitrogens with one attached hydrogen (secondary N) is 2. The molecule has 0 spiro atoms. The number of hydrogen-bond acceptors (Lipinski definition) is 3. The van der Waals surface area contributed by atoms with Gasteiger partial charge in [-0.3, -0.25) is 4.79 Å². The molecule has 29 heavy (non-hydrogen) atoms. The number of likely N-dealkylation sites (tertiary alicyclic amines) is 1. The highest BCUT2D eigenvalue weighted by atomic mass is 16.5. The highest BCUT2D eigenvalue weighted by molar-refractivity contribution is 5.94. The second-order valence-corrected chi connectivity index (χ2v) is 7.61. The molecule has 2 aromatic carbocycles. The first kappa shape index (κ1) is 20.7. The Morgan fingerprint density at radius 1 is 1.17 bits per heavy atom. The van der Waals surface area contributed by atoms with E-state index >= 15 is 0 Å². The standard InChI is InChI=1S/C23H29N3O3/c1-16(2)25-23(28)24-15-17-9-11-18(12-10-17)22(27)26-13-5-8-21(26)19-6-4-7-20(14-19)29-3/h4,6-7,9-12,14,16,21H,5,8,13,15H2,1-3H3,(H2,24,25,28). The number of nitrogens with zero attached hydrogens (tertiary/aromatic N) is 1. The summed E-state index contributed by atoms with van der Waals surface area (Å²) in [5, 5.41) is 5.60. The van der Waals surface area contributed by atoms with Crippen LogP contribution < -0.4 is 15.4 Å². The molecule has 2 aromatic rings. The van der Waals surface area contributed by atoms with Crippen LogP contribution in [0.1, 0.15) is 54.2 Å². The van der Waals surface area contributed by atoms with Gasteiger partial charge < -0.3 is 20.3 Å². The minimum Gasteiger partial charge on any atom is -0.497 e. The number of carbonyl (C=O) groups is 2. The van der Waals surface area contributed by atoms with Gasteiger partial charge in [0.05, 0.1) is 13.2 Å². The van der Waals surface area contributed by atoms with E-state index in [1.165, 1.54) is 0 Å². The maximum atomic E-state index is 13.1. The van der Waals surface area contributed by atoms with Crippen molar-refractivity contribution in [3.8, 4) is 5.75 Å². The zero-order chi connectivity index (χ0) is 20.8. The van der Waals surface area contributed by atoms with Gasteiger partial charge in [-0.2, -0.15) is 0 Å². The Hall–Kier alpha value is -3.02. The van der Waals surface area contributed by atoms with E-state index in [9.17, 15) is 9.59 Å². The van der Waals surface area contributed by atoms with E-state index in [0.29, 0.717) is 12.1 Å². The van der Waals surface area contributed by atoms with Gasteiger partial charge in [0.2, 0.25) is 0 Å². The first-order valence-corrected chi connectivity index (χ1v) is 10.1.